The number of anilines is 1. The Bertz CT molecular complexity index is 466. The van der Waals surface area contributed by atoms with Crippen molar-refractivity contribution >= 4 is 27.1 Å². The molecule has 1 aromatic heterocycles. The number of nitriles is 1. The third-order valence-corrected chi connectivity index (χ3v) is 3.02. The van der Waals surface area contributed by atoms with Gasteiger partial charge in [0, 0.05) is 10.4 Å². The van der Waals surface area contributed by atoms with Crippen LogP contribution in [0.4, 0.5) is 5.69 Å². The van der Waals surface area contributed by atoms with Gasteiger partial charge in [-0.25, -0.2) is 0 Å². The lowest BCUT2D eigenvalue weighted by molar-refractivity contribution is 1.51. The average molecular weight is 188 g/mol. The number of fused-ring (bicyclic) bond motifs is 1. The number of hydrogen-bond donors (Lipinski definition) is 1. The molecule has 0 bridgehead atoms. The molecule has 1 aromatic carbocycles. The van der Waals surface area contributed by atoms with Crippen molar-refractivity contribution in [2.75, 3.05) is 5.73 Å². The maximum atomic E-state index is 8.71. The highest BCUT2D eigenvalue weighted by Gasteiger charge is 2.02. The Kier molecular flexibility index (Phi) is 1.71. The molecular formula is C10H8N2S. The molecule has 2 aromatic rings. The molecule has 0 saturated heterocycles. The van der Waals surface area contributed by atoms with Crippen LogP contribution in [-0.4, -0.2) is 0 Å². The van der Waals surface area contributed by atoms with Crippen LogP contribution in [0.5, 0.6) is 0 Å². The van der Waals surface area contributed by atoms with Crippen LogP contribution in [0.25, 0.3) is 10.1 Å². The molecule has 0 aliphatic carbocycles. The minimum absolute atomic E-state index is 0.736. The Labute approximate surface area is 80.2 Å². The largest absolute Gasteiger partial charge is 0.398 e. The second-order valence-corrected chi connectivity index (χ2v) is 4.05. The minimum Gasteiger partial charge on any atom is -0.398 e. The number of benzene rings is 1. The highest BCUT2D eigenvalue weighted by molar-refractivity contribution is 7.19. The number of nitrogen functional groups attached to an aromatic ring is 1. The molecule has 2 nitrogen and oxygen atoms in total. The zero-order valence-corrected chi connectivity index (χ0v) is 7.98. The smallest absolute Gasteiger partial charge is 0.110 e. The standard InChI is InChI=1S/C10H8N2S/c1-6-2-7-3-8(5-11)13-10(7)4-9(6)12/h2-4H,12H2,1H3. The van der Waals surface area contributed by atoms with Crippen LogP contribution >= 0.6 is 11.3 Å². The Hall–Kier alpha value is -1.53. The van der Waals surface area contributed by atoms with Gasteiger partial charge in [0.1, 0.15) is 10.9 Å². The number of rotatable bonds is 0. The zero-order valence-electron chi connectivity index (χ0n) is 7.16. The summed E-state index contributed by atoms with van der Waals surface area (Å²) in [6, 6.07) is 7.97. The van der Waals surface area contributed by atoms with Crippen molar-refractivity contribution in [1.29, 1.82) is 5.26 Å². The molecule has 1 heterocycles. The fourth-order valence-electron chi connectivity index (χ4n) is 1.27. The molecule has 2 rings (SSSR count). The highest BCUT2D eigenvalue weighted by atomic mass is 32.1. The van der Waals surface area contributed by atoms with E-state index < -0.39 is 0 Å². The lowest BCUT2D eigenvalue weighted by atomic mass is 10.1. The summed E-state index contributed by atoms with van der Waals surface area (Å²) in [5, 5.41) is 9.81. The van der Waals surface area contributed by atoms with Crippen molar-refractivity contribution in [3.05, 3.63) is 28.6 Å². The maximum Gasteiger partial charge on any atom is 0.110 e. The van der Waals surface area contributed by atoms with Crippen LogP contribution in [0.2, 0.25) is 0 Å². The van der Waals surface area contributed by atoms with Crippen molar-refractivity contribution in [3.63, 3.8) is 0 Å². The quantitative estimate of drug-likeness (QED) is 0.646. The van der Waals surface area contributed by atoms with Crippen LogP contribution in [-0.2, 0) is 0 Å². The molecule has 0 unspecified atom stereocenters. The zero-order chi connectivity index (χ0) is 9.42. The fraction of sp³-hybridized carbons (Fsp3) is 0.100. The van der Waals surface area contributed by atoms with Gasteiger partial charge in [0.2, 0.25) is 0 Å². The van der Waals surface area contributed by atoms with Gasteiger partial charge in [-0.2, -0.15) is 5.26 Å². The van der Waals surface area contributed by atoms with E-state index in [1.807, 2.05) is 25.1 Å². The summed E-state index contributed by atoms with van der Waals surface area (Å²) in [4.78, 5) is 0.736. The van der Waals surface area contributed by atoms with Crippen molar-refractivity contribution < 1.29 is 0 Å². The Morgan fingerprint density at radius 2 is 2.15 bits per heavy atom. The van der Waals surface area contributed by atoms with Gasteiger partial charge in [-0.05, 0) is 36.1 Å². The summed E-state index contributed by atoms with van der Waals surface area (Å²) < 4.78 is 1.08. The number of aryl methyl sites for hydroxylation is 1. The fourth-order valence-corrected chi connectivity index (χ4v) is 2.16. The number of thiophene rings is 1. The van der Waals surface area contributed by atoms with Crippen LogP contribution in [0, 0.1) is 18.3 Å². The molecule has 0 aliphatic heterocycles. The normalized spacial score (nSPS) is 10.2. The molecule has 2 N–H and O–H groups in total. The first-order chi connectivity index (χ1) is 6.20. The van der Waals surface area contributed by atoms with Gasteiger partial charge in [0.05, 0.1) is 0 Å². The van der Waals surface area contributed by atoms with Gasteiger partial charge in [-0.3, -0.25) is 0 Å². The summed E-state index contributed by atoms with van der Waals surface area (Å²) in [6.07, 6.45) is 0. The van der Waals surface area contributed by atoms with Crippen LogP contribution in [0.3, 0.4) is 0 Å². The molecular weight excluding hydrogens is 180 g/mol. The van der Waals surface area contributed by atoms with E-state index in [9.17, 15) is 0 Å². The van der Waals surface area contributed by atoms with Crippen LogP contribution in [0.15, 0.2) is 18.2 Å². The SMILES string of the molecule is Cc1cc2cc(C#N)sc2cc1N. The topological polar surface area (TPSA) is 49.8 Å². The molecule has 0 amide bonds. The van der Waals surface area contributed by atoms with Crippen molar-refractivity contribution in [3.8, 4) is 6.07 Å². The highest BCUT2D eigenvalue weighted by Crippen LogP contribution is 2.28. The molecule has 13 heavy (non-hydrogen) atoms. The van der Waals surface area contributed by atoms with E-state index in [1.54, 1.807) is 0 Å². The second-order valence-electron chi connectivity index (χ2n) is 2.97. The third kappa shape index (κ3) is 1.25. The summed E-state index contributed by atoms with van der Waals surface area (Å²) >= 11 is 1.48. The van der Waals surface area contributed by atoms with E-state index in [4.69, 9.17) is 11.0 Å². The summed E-state index contributed by atoms with van der Waals surface area (Å²) in [6.45, 7) is 1.97. The molecule has 0 fully saturated rings. The summed E-state index contributed by atoms with van der Waals surface area (Å²) in [5.74, 6) is 0. The second kappa shape index (κ2) is 2.75. The first kappa shape index (κ1) is 8.09. The number of nitrogens with zero attached hydrogens (tertiary/aromatic N) is 1. The number of hydrogen-bond acceptors (Lipinski definition) is 3. The first-order valence-corrected chi connectivity index (χ1v) is 4.72. The molecule has 0 aliphatic rings. The van der Waals surface area contributed by atoms with E-state index >= 15 is 0 Å². The predicted molar refractivity (Wildman–Crippen MR) is 55.7 cm³/mol. The van der Waals surface area contributed by atoms with Crippen molar-refractivity contribution in [2.24, 2.45) is 0 Å². The van der Waals surface area contributed by atoms with Gasteiger partial charge in [-0.15, -0.1) is 11.3 Å². The Morgan fingerprint density at radius 3 is 2.85 bits per heavy atom. The van der Waals surface area contributed by atoms with Crippen LogP contribution < -0.4 is 5.73 Å². The third-order valence-electron chi connectivity index (χ3n) is 2.02. The Balaban J connectivity index is 2.79. The summed E-state index contributed by atoms with van der Waals surface area (Å²) in [5.41, 5.74) is 7.62. The van der Waals surface area contributed by atoms with E-state index in [-0.39, 0.29) is 0 Å². The van der Waals surface area contributed by atoms with Gasteiger partial charge in [-0.1, -0.05) is 0 Å². The van der Waals surface area contributed by atoms with Gasteiger partial charge < -0.3 is 5.73 Å². The Morgan fingerprint density at radius 1 is 1.38 bits per heavy atom. The van der Waals surface area contributed by atoms with E-state index in [1.165, 1.54) is 11.3 Å². The van der Waals surface area contributed by atoms with E-state index in [0.29, 0.717) is 0 Å². The molecule has 0 spiro atoms. The summed E-state index contributed by atoms with van der Waals surface area (Å²) in [7, 11) is 0. The average Bonchev–Trinajstić information content (AvgIpc) is 2.48. The van der Waals surface area contributed by atoms with E-state index in [2.05, 4.69) is 6.07 Å². The molecule has 64 valence electrons. The van der Waals surface area contributed by atoms with Crippen LogP contribution in [0.1, 0.15) is 10.4 Å². The predicted octanol–water partition coefficient (Wildman–Crippen LogP) is 2.66. The molecule has 0 atom stereocenters. The lowest BCUT2D eigenvalue weighted by Gasteiger charge is -1.97. The minimum atomic E-state index is 0.736. The van der Waals surface area contributed by atoms with Gasteiger partial charge in [0.15, 0.2) is 0 Å². The lowest BCUT2D eigenvalue weighted by Crippen LogP contribution is -1.87. The van der Waals surface area contributed by atoms with Crippen molar-refractivity contribution in [2.45, 2.75) is 6.92 Å². The molecule has 0 radical (unpaired) electrons. The van der Waals surface area contributed by atoms with E-state index in [0.717, 1.165) is 26.2 Å². The first-order valence-electron chi connectivity index (χ1n) is 3.90. The maximum absolute atomic E-state index is 8.71. The number of nitrogens with two attached hydrogens (primary N) is 1. The monoisotopic (exact) mass is 188 g/mol. The molecule has 0 saturated carbocycles. The van der Waals surface area contributed by atoms with Gasteiger partial charge >= 0.3 is 0 Å². The molecule has 3 heteroatoms. The van der Waals surface area contributed by atoms with Gasteiger partial charge in [0.25, 0.3) is 0 Å². The van der Waals surface area contributed by atoms with Crippen molar-refractivity contribution in [1.82, 2.24) is 0 Å².